The number of alkyl carbamates (subject to hydrolysis) is 1. The summed E-state index contributed by atoms with van der Waals surface area (Å²) in [6.07, 6.45) is 2.77. The lowest BCUT2D eigenvalue weighted by Gasteiger charge is -2.26. The second-order valence-corrected chi connectivity index (χ2v) is 7.97. The molecule has 1 aromatic carbocycles. The standard InChI is InChI=1S/C18H25BrN2O4/c1-18(2,3)25-17(23)20-7-8-24-15-10-12(9-13(19)11-15)16(22)21-14-5-4-6-14/h9-11,14H,4-8H2,1-3H3,(H,20,23)(H,21,22). The molecule has 0 aliphatic heterocycles. The third-order valence-electron chi connectivity index (χ3n) is 3.61. The zero-order chi connectivity index (χ0) is 18.4. The van der Waals surface area contributed by atoms with Gasteiger partial charge in [-0.3, -0.25) is 4.79 Å². The van der Waals surface area contributed by atoms with E-state index in [2.05, 4.69) is 26.6 Å². The molecule has 2 rings (SSSR count). The Bertz CT molecular complexity index is 624. The maximum absolute atomic E-state index is 12.2. The molecule has 2 N–H and O–H groups in total. The lowest BCUT2D eigenvalue weighted by Crippen LogP contribution is -2.39. The van der Waals surface area contributed by atoms with Gasteiger partial charge in [0.25, 0.3) is 5.91 Å². The van der Waals surface area contributed by atoms with Crippen LogP contribution in [0.5, 0.6) is 5.75 Å². The first-order chi connectivity index (χ1) is 11.7. The Morgan fingerprint density at radius 2 is 1.96 bits per heavy atom. The van der Waals surface area contributed by atoms with Crippen LogP contribution in [0.3, 0.4) is 0 Å². The number of hydrogen-bond acceptors (Lipinski definition) is 4. The maximum atomic E-state index is 12.2. The molecular formula is C18H25BrN2O4. The Kier molecular flexibility index (Phi) is 6.70. The Hall–Kier alpha value is -1.76. The van der Waals surface area contributed by atoms with E-state index in [-0.39, 0.29) is 18.6 Å². The van der Waals surface area contributed by atoms with E-state index >= 15 is 0 Å². The summed E-state index contributed by atoms with van der Waals surface area (Å²) in [6.45, 7) is 6.01. The van der Waals surface area contributed by atoms with E-state index in [4.69, 9.17) is 9.47 Å². The highest BCUT2D eigenvalue weighted by molar-refractivity contribution is 9.10. The lowest BCUT2D eigenvalue weighted by atomic mass is 9.93. The monoisotopic (exact) mass is 412 g/mol. The van der Waals surface area contributed by atoms with Gasteiger partial charge in [-0.05, 0) is 58.2 Å². The number of carbonyl (C=O) groups is 2. The first-order valence-electron chi connectivity index (χ1n) is 8.44. The van der Waals surface area contributed by atoms with E-state index in [9.17, 15) is 9.59 Å². The van der Waals surface area contributed by atoms with Crippen LogP contribution < -0.4 is 15.4 Å². The van der Waals surface area contributed by atoms with Crippen LogP contribution in [0.1, 0.15) is 50.4 Å². The third-order valence-corrected chi connectivity index (χ3v) is 4.07. The zero-order valence-corrected chi connectivity index (χ0v) is 16.4. The number of benzene rings is 1. The normalized spacial score (nSPS) is 14.4. The Morgan fingerprint density at radius 3 is 2.56 bits per heavy atom. The van der Waals surface area contributed by atoms with Crippen LogP contribution in [0.15, 0.2) is 22.7 Å². The molecule has 0 spiro atoms. The summed E-state index contributed by atoms with van der Waals surface area (Å²) < 4.78 is 11.5. The van der Waals surface area contributed by atoms with Crippen molar-refractivity contribution in [2.24, 2.45) is 0 Å². The minimum Gasteiger partial charge on any atom is -0.492 e. The number of nitrogens with one attached hydrogen (secondary N) is 2. The lowest BCUT2D eigenvalue weighted by molar-refractivity contribution is 0.0520. The molecule has 0 bridgehead atoms. The van der Waals surface area contributed by atoms with Gasteiger partial charge in [0.05, 0.1) is 6.54 Å². The van der Waals surface area contributed by atoms with Crippen molar-refractivity contribution >= 4 is 27.9 Å². The third kappa shape index (κ3) is 6.94. The van der Waals surface area contributed by atoms with Crippen LogP contribution in [0.2, 0.25) is 0 Å². The summed E-state index contributed by atoms with van der Waals surface area (Å²) >= 11 is 3.39. The number of halogens is 1. The second kappa shape index (κ2) is 8.56. The minimum absolute atomic E-state index is 0.0947. The van der Waals surface area contributed by atoms with Crippen molar-refractivity contribution in [1.29, 1.82) is 0 Å². The van der Waals surface area contributed by atoms with Gasteiger partial charge in [0.1, 0.15) is 18.0 Å². The molecule has 1 saturated carbocycles. The van der Waals surface area contributed by atoms with E-state index in [1.54, 1.807) is 39.0 Å². The van der Waals surface area contributed by atoms with Gasteiger partial charge in [-0.2, -0.15) is 0 Å². The molecule has 1 aromatic rings. The summed E-state index contributed by atoms with van der Waals surface area (Å²) in [5, 5.41) is 5.63. The Labute approximate surface area is 156 Å². The molecule has 0 atom stereocenters. The predicted molar refractivity (Wildman–Crippen MR) is 99.0 cm³/mol. The molecule has 7 heteroatoms. The van der Waals surface area contributed by atoms with E-state index in [0.29, 0.717) is 17.9 Å². The van der Waals surface area contributed by atoms with Gasteiger partial charge < -0.3 is 20.1 Å². The largest absolute Gasteiger partial charge is 0.492 e. The predicted octanol–water partition coefficient (Wildman–Crippen LogP) is 3.63. The summed E-state index contributed by atoms with van der Waals surface area (Å²) in [5.41, 5.74) is 0.0224. The van der Waals surface area contributed by atoms with Crippen LogP contribution in [0, 0.1) is 0 Å². The molecule has 1 aliphatic carbocycles. The average Bonchev–Trinajstić information content (AvgIpc) is 2.45. The van der Waals surface area contributed by atoms with Gasteiger partial charge in [-0.15, -0.1) is 0 Å². The summed E-state index contributed by atoms with van der Waals surface area (Å²) in [6, 6.07) is 5.54. The fraction of sp³-hybridized carbons (Fsp3) is 0.556. The fourth-order valence-corrected chi connectivity index (χ4v) is 2.71. The summed E-state index contributed by atoms with van der Waals surface area (Å²) in [4.78, 5) is 23.8. The molecule has 0 unspecified atom stereocenters. The van der Waals surface area contributed by atoms with Gasteiger partial charge in [0, 0.05) is 16.1 Å². The highest BCUT2D eigenvalue weighted by Gasteiger charge is 2.20. The molecule has 1 aliphatic rings. The SMILES string of the molecule is CC(C)(C)OC(=O)NCCOc1cc(Br)cc(C(=O)NC2CCC2)c1. The van der Waals surface area contributed by atoms with Crippen molar-refractivity contribution in [2.45, 2.75) is 51.7 Å². The highest BCUT2D eigenvalue weighted by Crippen LogP contribution is 2.23. The fourth-order valence-electron chi connectivity index (χ4n) is 2.23. The van der Waals surface area contributed by atoms with E-state index in [1.165, 1.54) is 6.42 Å². The van der Waals surface area contributed by atoms with Crippen LogP contribution in [-0.2, 0) is 4.74 Å². The Morgan fingerprint density at radius 1 is 1.24 bits per heavy atom. The van der Waals surface area contributed by atoms with Crippen LogP contribution >= 0.6 is 15.9 Å². The number of ether oxygens (including phenoxy) is 2. The summed E-state index contributed by atoms with van der Waals surface area (Å²) in [5.74, 6) is 0.474. The molecule has 138 valence electrons. The van der Waals surface area contributed by atoms with Crippen molar-refractivity contribution in [3.05, 3.63) is 28.2 Å². The number of hydrogen-bond donors (Lipinski definition) is 2. The van der Waals surface area contributed by atoms with Gasteiger partial charge in [0.2, 0.25) is 0 Å². The van der Waals surface area contributed by atoms with E-state index < -0.39 is 11.7 Å². The molecule has 6 nitrogen and oxygen atoms in total. The second-order valence-electron chi connectivity index (χ2n) is 7.05. The van der Waals surface area contributed by atoms with Crippen molar-refractivity contribution < 1.29 is 19.1 Å². The number of rotatable bonds is 6. The molecule has 0 heterocycles. The number of carbonyl (C=O) groups excluding carboxylic acids is 2. The smallest absolute Gasteiger partial charge is 0.407 e. The molecule has 0 radical (unpaired) electrons. The van der Waals surface area contributed by atoms with E-state index in [0.717, 1.165) is 17.3 Å². The Balaban J connectivity index is 1.81. The van der Waals surface area contributed by atoms with Crippen molar-refractivity contribution in [3.8, 4) is 5.75 Å². The highest BCUT2D eigenvalue weighted by atomic mass is 79.9. The molecule has 0 saturated heterocycles. The van der Waals surface area contributed by atoms with Gasteiger partial charge in [0.15, 0.2) is 0 Å². The summed E-state index contributed by atoms with van der Waals surface area (Å²) in [7, 11) is 0. The first kappa shape index (κ1) is 19.6. The van der Waals surface area contributed by atoms with Crippen molar-refractivity contribution in [1.82, 2.24) is 10.6 Å². The molecule has 25 heavy (non-hydrogen) atoms. The van der Waals surface area contributed by atoms with Crippen molar-refractivity contribution in [3.63, 3.8) is 0 Å². The average molecular weight is 413 g/mol. The van der Waals surface area contributed by atoms with Crippen LogP contribution in [0.25, 0.3) is 0 Å². The van der Waals surface area contributed by atoms with Crippen molar-refractivity contribution in [2.75, 3.05) is 13.2 Å². The maximum Gasteiger partial charge on any atom is 0.407 e. The molecule has 1 fully saturated rings. The zero-order valence-electron chi connectivity index (χ0n) is 14.9. The first-order valence-corrected chi connectivity index (χ1v) is 9.23. The quantitative estimate of drug-likeness (QED) is 0.699. The molecule has 2 amide bonds. The molecule has 0 aromatic heterocycles. The van der Waals surface area contributed by atoms with Gasteiger partial charge in [-0.25, -0.2) is 4.79 Å². The van der Waals surface area contributed by atoms with Gasteiger partial charge in [-0.1, -0.05) is 15.9 Å². The van der Waals surface area contributed by atoms with Crippen LogP contribution in [0.4, 0.5) is 4.79 Å². The van der Waals surface area contributed by atoms with Crippen LogP contribution in [-0.4, -0.2) is 36.8 Å². The van der Waals surface area contributed by atoms with Gasteiger partial charge >= 0.3 is 6.09 Å². The topological polar surface area (TPSA) is 76.7 Å². The van der Waals surface area contributed by atoms with E-state index in [1.807, 2.05) is 0 Å². The minimum atomic E-state index is -0.530. The molecular weight excluding hydrogens is 388 g/mol. The number of amides is 2.